The highest BCUT2D eigenvalue weighted by atomic mass is 16.5. The molecule has 0 aliphatic carbocycles. The Morgan fingerprint density at radius 2 is 2.38 bits per heavy atom. The van der Waals surface area contributed by atoms with Crippen LogP contribution in [0.1, 0.15) is 12.5 Å². The van der Waals surface area contributed by atoms with Crippen LogP contribution >= 0.6 is 0 Å². The van der Waals surface area contributed by atoms with Crippen molar-refractivity contribution in [2.75, 3.05) is 7.11 Å². The predicted molar refractivity (Wildman–Crippen MR) is 51.1 cm³/mol. The zero-order valence-corrected chi connectivity index (χ0v) is 7.82. The molecule has 0 aliphatic rings. The van der Waals surface area contributed by atoms with Crippen LogP contribution in [-0.2, 0) is 6.42 Å². The van der Waals surface area contributed by atoms with Gasteiger partial charge in [0.2, 0.25) is 0 Å². The van der Waals surface area contributed by atoms with E-state index < -0.39 is 0 Å². The molecule has 0 aromatic carbocycles. The van der Waals surface area contributed by atoms with Crippen molar-refractivity contribution in [3.63, 3.8) is 0 Å². The van der Waals surface area contributed by atoms with Gasteiger partial charge in [0.1, 0.15) is 11.3 Å². The van der Waals surface area contributed by atoms with E-state index in [9.17, 15) is 0 Å². The maximum atomic E-state index is 5.35. The first-order valence-corrected chi connectivity index (χ1v) is 4.34. The van der Waals surface area contributed by atoms with Crippen LogP contribution in [0.2, 0.25) is 0 Å². The van der Waals surface area contributed by atoms with Gasteiger partial charge in [-0.3, -0.25) is 0 Å². The van der Waals surface area contributed by atoms with Crippen molar-refractivity contribution in [2.24, 2.45) is 0 Å². The van der Waals surface area contributed by atoms with Crippen molar-refractivity contribution in [1.82, 2.24) is 9.38 Å². The van der Waals surface area contributed by atoms with Crippen molar-refractivity contribution >= 4 is 5.52 Å². The smallest absolute Gasteiger partial charge is 0.147 e. The van der Waals surface area contributed by atoms with Gasteiger partial charge in [0.25, 0.3) is 0 Å². The summed E-state index contributed by atoms with van der Waals surface area (Å²) in [5, 5.41) is 0. The second-order valence-electron chi connectivity index (χ2n) is 2.91. The number of aromatic nitrogens is 2. The maximum absolute atomic E-state index is 5.35. The quantitative estimate of drug-likeness (QED) is 0.698. The molecule has 3 nitrogen and oxygen atoms in total. The lowest BCUT2D eigenvalue weighted by atomic mass is 10.2. The van der Waals surface area contributed by atoms with Gasteiger partial charge in [0, 0.05) is 6.20 Å². The van der Waals surface area contributed by atoms with Crippen LogP contribution in [0, 0.1) is 0 Å². The SMILES string of the molecule is CCc1ccn2cncc2c1OC. The Balaban J connectivity index is 2.74. The van der Waals surface area contributed by atoms with Crippen molar-refractivity contribution in [1.29, 1.82) is 0 Å². The number of hydrogen-bond acceptors (Lipinski definition) is 2. The molecule has 0 aliphatic heterocycles. The van der Waals surface area contributed by atoms with Crippen LogP contribution in [0.25, 0.3) is 5.52 Å². The number of imidazole rings is 1. The topological polar surface area (TPSA) is 26.5 Å². The summed E-state index contributed by atoms with van der Waals surface area (Å²) in [6.45, 7) is 2.12. The maximum Gasteiger partial charge on any atom is 0.147 e. The number of rotatable bonds is 2. The number of pyridine rings is 1. The van der Waals surface area contributed by atoms with Crippen molar-refractivity contribution in [3.05, 3.63) is 30.4 Å². The van der Waals surface area contributed by atoms with E-state index in [1.54, 1.807) is 13.4 Å². The van der Waals surface area contributed by atoms with Crippen LogP contribution in [0.5, 0.6) is 5.75 Å². The van der Waals surface area contributed by atoms with E-state index in [1.807, 2.05) is 16.8 Å². The van der Waals surface area contributed by atoms with Gasteiger partial charge in [0.05, 0.1) is 19.6 Å². The number of fused-ring (bicyclic) bond motifs is 1. The fourth-order valence-electron chi connectivity index (χ4n) is 1.52. The third-order valence-electron chi connectivity index (χ3n) is 2.21. The largest absolute Gasteiger partial charge is 0.494 e. The molecule has 0 saturated heterocycles. The van der Waals surface area contributed by atoms with E-state index >= 15 is 0 Å². The third kappa shape index (κ3) is 1.16. The molecule has 2 rings (SSSR count). The molecule has 0 bridgehead atoms. The molecule has 3 heteroatoms. The molecular formula is C10H12N2O. The van der Waals surface area contributed by atoms with E-state index in [1.165, 1.54) is 5.56 Å². The highest BCUT2D eigenvalue weighted by Crippen LogP contribution is 2.24. The average Bonchev–Trinajstić information content (AvgIpc) is 2.63. The first kappa shape index (κ1) is 8.10. The lowest BCUT2D eigenvalue weighted by Gasteiger charge is -2.07. The summed E-state index contributed by atoms with van der Waals surface area (Å²) in [7, 11) is 1.70. The van der Waals surface area contributed by atoms with Crippen LogP contribution < -0.4 is 4.74 Å². The Labute approximate surface area is 77.0 Å². The minimum absolute atomic E-state index is 0.933. The second kappa shape index (κ2) is 3.09. The Bertz CT molecular complexity index is 420. The number of nitrogens with zero attached hydrogens (tertiary/aromatic N) is 2. The summed E-state index contributed by atoms with van der Waals surface area (Å²) in [5.74, 6) is 0.933. The first-order chi connectivity index (χ1) is 6.36. The Hall–Kier alpha value is -1.51. The standard InChI is InChI=1S/C10H12N2O/c1-3-8-4-5-12-7-11-6-9(12)10(8)13-2/h4-7H,3H2,1-2H3. The summed E-state index contributed by atoms with van der Waals surface area (Å²) < 4.78 is 7.30. The molecule has 0 unspecified atom stereocenters. The Morgan fingerprint density at radius 1 is 1.54 bits per heavy atom. The summed E-state index contributed by atoms with van der Waals surface area (Å²) in [5.41, 5.74) is 2.25. The molecule has 13 heavy (non-hydrogen) atoms. The van der Waals surface area contributed by atoms with Crippen molar-refractivity contribution < 1.29 is 4.74 Å². The van der Waals surface area contributed by atoms with Gasteiger partial charge < -0.3 is 9.14 Å². The molecule has 0 radical (unpaired) electrons. The van der Waals surface area contributed by atoms with Crippen LogP contribution in [0.15, 0.2) is 24.8 Å². The molecule has 0 fully saturated rings. The zero-order chi connectivity index (χ0) is 9.26. The molecule has 0 spiro atoms. The van der Waals surface area contributed by atoms with Gasteiger partial charge in [0.15, 0.2) is 0 Å². The van der Waals surface area contributed by atoms with Crippen LogP contribution in [0.3, 0.4) is 0 Å². The van der Waals surface area contributed by atoms with E-state index in [0.717, 1.165) is 17.7 Å². The normalized spacial score (nSPS) is 10.6. The molecule has 2 aromatic rings. The summed E-state index contributed by atoms with van der Waals surface area (Å²) >= 11 is 0. The predicted octanol–water partition coefficient (Wildman–Crippen LogP) is 1.91. The van der Waals surface area contributed by atoms with Crippen LogP contribution in [-0.4, -0.2) is 16.5 Å². The molecule has 68 valence electrons. The Kier molecular flexibility index (Phi) is 1.93. The molecule has 0 N–H and O–H groups in total. The number of hydrogen-bond donors (Lipinski definition) is 0. The van der Waals surface area contributed by atoms with E-state index in [0.29, 0.717) is 0 Å². The second-order valence-corrected chi connectivity index (χ2v) is 2.91. The highest BCUT2D eigenvalue weighted by Gasteiger charge is 2.06. The van der Waals surface area contributed by atoms with Gasteiger partial charge in [-0.2, -0.15) is 0 Å². The summed E-state index contributed by atoms with van der Waals surface area (Å²) in [6, 6.07) is 2.06. The molecule has 0 atom stereocenters. The fraction of sp³-hybridized carbons (Fsp3) is 0.300. The minimum atomic E-state index is 0.933. The van der Waals surface area contributed by atoms with Gasteiger partial charge in [-0.25, -0.2) is 4.98 Å². The van der Waals surface area contributed by atoms with Gasteiger partial charge in [-0.1, -0.05) is 6.92 Å². The molecular weight excluding hydrogens is 164 g/mol. The highest BCUT2D eigenvalue weighted by molar-refractivity contribution is 5.62. The molecule has 0 amide bonds. The van der Waals surface area contributed by atoms with Crippen LogP contribution in [0.4, 0.5) is 0 Å². The van der Waals surface area contributed by atoms with E-state index in [2.05, 4.69) is 18.0 Å². The number of ether oxygens (including phenoxy) is 1. The lowest BCUT2D eigenvalue weighted by molar-refractivity contribution is 0.413. The van der Waals surface area contributed by atoms with Gasteiger partial charge >= 0.3 is 0 Å². The van der Waals surface area contributed by atoms with Gasteiger partial charge in [-0.05, 0) is 18.1 Å². The van der Waals surface area contributed by atoms with Gasteiger partial charge in [-0.15, -0.1) is 0 Å². The number of aryl methyl sites for hydroxylation is 1. The molecule has 2 aromatic heterocycles. The monoisotopic (exact) mass is 176 g/mol. The summed E-state index contributed by atoms with van der Waals surface area (Å²) in [4.78, 5) is 4.07. The lowest BCUT2D eigenvalue weighted by Crippen LogP contribution is -1.94. The molecule has 0 saturated carbocycles. The molecule has 2 heterocycles. The first-order valence-electron chi connectivity index (χ1n) is 4.34. The zero-order valence-electron chi connectivity index (χ0n) is 7.82. The van der Waals surface area contributed by atoms with Crippen molar-refractivity contribution in [2.45, 2.75) is 13.3 Å². The Morgan fingerprint density at radius 3 is 3.08 bits per heavy atom. The average molecular weight is 176 g/mol. The van der Waals surface area contributed by atoms with Crippen molar-refractivity contribution in [3.8, 4) is 5.75 Å². The van der Waals surface area contributed by atoms with E-state index in [-0.39, 0.29) is 0 Å². The summed E-state index contributed by atoms with van der Waals surface area (Å²) in [6.07, 6.45) is 6.57. The minimum Gasteiger partial charge on any atom is -0.494 e. The third-order valence-corrected chi connectivity index (χ3v) is 2.21. The fourth-order valence-corrected chi connectivity index (χ4v) is 1.52. The number of methoxy groups -OCH3 is 1. The van der Waals surface area contributed by atoms with E-state index in [4.69, 9.17) is 4.74 Å².